The Balaban J connectivity index is 2.15. The third-order valence-corrected chi connectivity index (χ3v) is 4.00. The average Bonchev–Trinajstić information content (AvgIpc) is 2.75. The Hall–Kier alpha value is -1.77. The molecular weight excluding hydrogens is 270 g/mol. The fourth-order valence-electron chi connectivity index (χ4n) is 2.52. The monoisotopic (exact) mass is 285 g/mol. The first-order valence-electron chi connectivity index (χ1n) is 6.57. The van der Waals surface area contributed by atoms with Gasteiger partial charge in [-0.05, 0) is 37.1 Å². The highest BCUT2D eigenvalue weighted by Crippen LogP contribution is 2.34. The minimum absolute atomic E-state index is 0.351. The van der Waals surface area contributed by atoms with Crippen LogP contribution in [0.25, 0.3) is 11.0 Å². The van der Waals surface area contributed by atoms with Crippen molar-refractivity contribution < 1.29 is 4.42 Å². The van der Waals surface area contributed by atoms with E-state index in [9.17, 15) is 0 Å². The highest BCUT2D eigenvalue weighted by atomic mass is 35.5. The number of nitrogens with two attached hydrogens (primary N) is 1. The average molecular weight is 286 g/mol. The van der Waals surface area contributed by atoms with E-state index in [1.807, 2.05) is 44.2 Å². The molecule has 102 valence electrons. The lowest BCUT2D eigenvalue weighted by Gasteiger charge is -2.12. The van der Waals surface area contributed by atoms with Crippen LogP contribution < -0.4 is 5.73 Å². The molecule has 2 nitrogen and oxygen atoms in total. The van der Waals surface area contributed by atoms with E-state index < -0.39 is 0 Å². The molecule has 0 saturated heterocycles. The van der Waals surface area contributed by atoms with E-state index in [0.29, 0.717) is 5.02 Å². The maximum absolute atomic E-state index is 6.34. The lowest BCUT2D eigenvalue weighted by atomic mass is 10.0. The largest absolute Gasteiger partial charge is 0.459 e. The van der Waals surface area contributed by atoms with E-state index in [4.69, 9.17) is 21.8 Å². The molecule has 0 aliphatic heterocycles. The van der Waals surface area contributed by atoms with Gasteiger partial charge in [0.25, 0.3) is 0 Å². The van der Waals surface area contributed by atoms with Gasteiger partial charge in [-0.1, -0.05) is 41.9 Å². The van der Waals surface area contributed by atoms with E-state index in [-0.39, 0.29) is 6.04 Å². The number of fused-ring (bicyclic) bond motifs is 1. The second kappa shape index (κ2) is 4.97. The molecule has 2 N–H and O–H groups in total. The highest BCUT2D eigenvalue weighted by molar-refractivity contribution is 6.31. The zero-order chi connectivity index (χ0) is 14.3. The predicted octanol–water partition coefficient (Wildman–Crippen LogP) is 4.75. The normalized spacial score (nSPS) is 12.8. The minimum atomic E-state index is -0.351. The maximum Gasteiger partial charge on any atom is 0.134 e. The Bertz CT molecular complexity index is 776. The second-order valence-electron chi connectivity index (χ2n) is 5.09. The lowest BCUT2D eigenvalue weighted by molar-refractivity contribution is 0.521. The van der Waals surface area contributed by atoms with Crippen molar-refractivity contribution >= 4 is 22.6 Å². The molecule has 0 radical (unpaired) electrons. The van der Waals surface area contributed by atoms with Gasteiger partial charge in [-0.15, -0.1) is 0 Å². The summed E-state index contributed by atoms with van der Waals surface area (Å²) in [6.07, 6.45) is 0. The summed E-state index contributed by atoms with van der Waals surface area (Å²) in [4.78, 5) is 0. The van der Waals surface area contributed by atoms with Crippen molar-refractivity contribution in [3.05, 3.63) is 69.9 Å². The van der Waals surface area contributed by atoms with E-state index >= 15 is 0 Å². The predicted molar refractivity (Wildman–Crippen MR) is 83.2 cm³/mol. The van der Waals surface area contributed by atoms with Crippen LogP contribution >= 0.6 is 11.6 Å². The van der Waals surface area contributed by atoms with Gasteiger partial charge in [-0.2, -0.15) is 0 Å². The topological polar surface area (TPSA) is 39.2 Å². The van der Waals surface area contributed by atoms with Crippen LogP contribution in [-0.4, -0.2) is 0 Å². The van der Waals surface area contributed by atoms with Crippen molar-refractivity contribution in [1.82, 2.24) is 0 Å². The molecule has 0 bridgehead atoms. The van der Waals surface area contributed by atoms with Gasteiger partial charge in [0.15, 0.2) is 0 Å². The Kier molecular flexibility index (Phi) is 3.28. The van der Waals surface area contributed by atoms with Crippen LogP contribution in [0.4, 0.5) is 0 Å². The number of hydrogen-bond acceptors (Lipinski definition) is 2. The molecule has 0 spiro atoms. The Morgan fingerprint density at radius 1 is 1.10 bits per heavy atom. The molecule has 0 fully saturated rings. The smallest absolute Gasteiger partial charge is 0.134 e. The Morgan fingerprint density at radius 3 is 2.60 bits per heavy atom. The fraction of sp³-hybridized carbons (Fsp3) is 0.176. The van der Waals surface area contributed by atoms with Gasteiger partial charge in [0.1, 0.15) is 11.3 Å². The zero-order valence-corrected chi connectivity index (χ0v) is 12.2. The molecule has 3 heteroatoms. The number of halogens is 1. The Morgan fingerprint density at radius 2 is 1.85 bits per heavy atom. The molecule has 1 atom stereocenters. The highest BCUT2D eigenvalue weighted by Gasteiger charge is 2.20. The van der Waals surface area contributed by atoms with Crippen LogP contribution in [-0.2, 0) is 0 Å². The quantitative estimate of drug-likeness (QED) is 0.738. The van der Waals surface area contributed by atoms with E-state index in [1.165, 1.54) is 5.56 Å². The summed E-state index contributed by atoms with van der Waals surface area (Å²) >= 11 is 6.22. The number of aryl methyl sites for hydroxylation is 2. The number of hydrogen-bond donors (Lipinski definition) is 1. The molecule has 1 aromatic heterocycles. The molecule has 1 heterocycles. The second-order valence-corrected chi connectivity index (χ2v) is 5.50. The van der Waals surface area contributed by atoms with Crippen LogP contribution in [0.1, 0.15) is 28.5 Å². The van der Waals surface area contributed by atoms with Crippen molar-refractivity contribution in [2.75, 3.05) is 0 Å². The van der Waals surface area contributed by atoms with E-state index in [0.717, 1.165) is 27.9 Å². The summed E-state index contributed by atoms with van der Waals surface area (Å²) < 4.78 is 5.97. The molecule has 0 amide bonds. The van der Waals surface area contributed by atoms with Crippen molar-refractivity contribution in [1.29, 1.82) is 0 Å². The first kappa shape index (κ1) is 13.2. The zero-order valence-electron chi connectivity index (χ0n) is 11.5. The Labute approximate surface area is 123 Å². The summed E-state index contributed by atoms with van der Waals surface area (Å²) in [7, 11) is 0. The van der Waals surface area contributed by atoms with Crippen molar-refractivity contribution in [2.24, 2.45) is 5.73 Å². The maximum atomic E-state index is 6.34. The van der Waals surface area contributed by atoms with Crippen LogP contribution in [0.3, 0.4) is 0 Å². The number of benzene rings is 2. The molecule has 0 saturated carbocycles. The van der Waals surface area contributed by atoms with Crippen LogP contribution in [0, 0.1) is 13.8 Å². The molecule has 3 rings (SSSR count). The third-order valence-electron chi connectivity index (χ3n) is 3.65. The first-order valence-corrected chi connectivity index (χ1v) is 6.95. The van der Waals surface area contributed by atoms with Gasteiger partial charge >= 0.3 is 0 Å². The summed E-state index contributed by atoms with van der Waals surface area (Å²) in [5.74, 6) is 0.777. The fourth-order valence-corrected chi connectivity index (χ4v) is 2.77. The summed E-state index contributed by atoms with van der Waals surface area (Å²) in [6, 6.07) is 13.4. The molecule has 0 aliphatic carbocycles. The molecule has 2 aromatic carbocycles. The minimum Gasteiger partial charge on any atom is -0.459 e. The van der Waals surface area contributed by atoms with Gasteiger partial charge in [-0.3, -0.25) is 0 Å². The van der Waals surface area contributed by atoms with Crippen molar-refractivity contribution in [3.63, 3.8) is 0 Å². The van der Waals surface area contributed by atoms with Crippen LogP contribution in [0.5, 0.6) is 0 Å². The van der Waals surface area contributed by atoms with Crippen LogP contribution in [0.15, 0.2) is 46.9 Å². The van der Waals surface area contributed by atoms with Gasteiger partial charge < -0.3 is 10.2 Å². The molecule has 3 aromatic rings. The summed E-state index contributed by atoms with van der Waals surface area (Å²) in [5, 5.41) is 1.77. The van der Waals surface area contributed by atoms with E-state index in [2.05, 4.69) is 12.1 Å². The molecule has 20 heavy (non-hydrogen) atoms. The SMILES string of the molecule is Cc1ccc2c(C)c(C(N)c3ccccc3Cl)oc2c1. The first-order chi connectivity index (χ1) is 9.58. The van der Waals surface area contributed by atoms with Crippen LogP contribution in [0.2, 0.25) is 5.02 Å². The third kappa shape index (κ3) is 2.11. The lowest BCUT2D eigenvalue weighted by Crippen LogP contribution is -2.12. The van der Waals surface area contributed by atoms with Gasteiger partial charge in [0.05, 0.1) is 6.04 Å². The van der Waals surface area contributed by atoms with Gasteiger partial charge in [-0.25, -0.2) is 0 Å². The van der Waals surface area contributed by atoms with Crippen molar-refractivity contribution in [3.8, 4) is 0 Å². The van der Waals surface area contributed by atoms with Crippen molar-refractivity contribution in [2.45, 2.75) is 19.9 Å². The molecule has 0 aliphatic rings. The number of rotatable bonds is 2. The van der Waals surface area contributed by atoms with Gasteiger partial charge in [0.2, 0.25) is 0 Å². The summed E-state index contributed by atoms with van der Waals surface area (Å²) in [6.45, 7) is 4.08. The summed E-state index contributed by atoms with van der Waals surface area (Å²) in [5.41, 5.74) is 10.3. The van der Waals surface area contributed by atoms with E-state index in [1.54, 1.807) is 0 Å². The number of furan rings is 1. The molecule has 1 unspecified atom stereocenters. The standard InChI is InChI=1S/C17H16ClNO/c1-10-7-8-12-11(2)17(20-15(12)9-10)16(19)13-5-3-4-6-14(13)18/h3-9,16H,19H2,1-2H3. The van der Waals surface area contributed by atoms with Gasteiger partial charge in [0, 0.05) is 16.0 Å². The molecular formula is C17H16ClNO.